The number of thioether (sulfide) groups is 1. The molecule has 1 saturated heterocycles. The number of hydrogen-bond donors (Lipinski definition) is 1. The van der Waals surface area contributed by atoms with Gasteiger partial charge in [-0.15, -0.1) is 0 Å². The smallest absolute Gasteiger partial charge is 0.0332 e. The van der Waals surface area contributed by atoms with E-state index in [0.29, 0.717) is 0 Å². The second-order valence-electron chi connectivity index (χ2n) is 5.28. The summed E-state index contributed by atoms with van der Waals surface area (Å²) in [6.45, 7) is 10.2. The maximum atomic E-state index is 6.15. The van der Waals surface area contributed by atoms with Gasteiger partial charge in [0.1, 0.15) is 0 Å². The summed E-state index contributed by atoms with van der Waals surface area (Å²) in [5.41, 5.74) is 6.44. The van der Waals surface area contributed by atoms with E-state index in [2.05, 4.69) is 37.4 Å². The van der Waals surface area contributed by atoms with Crippen molar-refractivity contribution in [3.05, 3.63) is 0 Å². The lowest BCUT2D eigenvalue weighted by Crippen LogP contribution is -2.57. The summed E-state index contributed by atoms with van der Waals surface area (Å²) in [4.78, 5) is 2.71. The molecule has 0 spiro atoms. The van der Waals surface area contributed by atoms with Crippen molar-refractivity contribution in [1.29, 1.82) is 0 Å². The van der Waals surface area contributed by atoms with Crippen molar-refractivity contribution in [3.63, 3.8) is 0 Å². The normalized spacial score (nSPS) is 22.9. The van der Waals surface area contributed by atoms with Crippen molar-refractivity contribution in [3.8, 4) is 0 Å². The first kappa shape index (κ1) is 15.3. The highest BCUT2D eigenvalue weighted by Crippen LogP contribution is 2.32. The Hall–Kier alpha value is 0.270. The van der Waals surface area contributed by atoms with Crippen molar-refractivity contribution in [2.75, 3.05) is 25.4 Å². The average Bonchev–Trinajstić information content (AvgIpc) is 2.38. The van der Waals surface area contributed by atoms with Crippen molar-refractivity contribution in [1.82, 2.24) is 4.90 Å². The van der Waals surface area contributed by atoms with Crippen molar-refractivity contribution >= 4 is 11.8 Å². The molecule has 1 rings (SSSR count). The fourth-order valence-corrected chi connectivity index (χ4v) is 4.28. The Bertz CT molecular complexity index is 202. The third kappa shape index (κ3) is 3.87. The van der Waals surface area contributed by atoms with E-state index in [0.717, 1.165) is 11.8 Å². The maximum absolute atomic E-state index is 6.15. The Labute approximate surface area is 112 Å². The molecule has 0 aromatic heterocycles. The first-order valence-corrected chi connectivity index (χ1v) is 8.34. The maximum Gasteiger partial charge on any atom is 0.0332 e. The monoisotopic (exact) mass is 258 g/mol. The van der Waals surface area contributed by atoms with Gasteiger partial charge in [0.05, 0.1) is 0 Å². The van der Waals surface area contributed by atoms with Crippen LogP contribution < -0.4 is 5.73 Å². The fraction of sp³-hybridized carbons (Fsp3) is 1.00. The van der Waals surface area contributed by atoms with Crippen LogP contribution >= 0.6 is 11.8 Å². The van der Waals surface area contributed by atoms with E-state index in [1.54, 1.807) is 0 Å². The summed E-state index contributed by atoms with van der Waals surface area (Å²) in [6, 6.07) is 0. The lowest BCUT2D eigenvalue weighted by molar-refractivity contribution is 0.0774. The summed E-state index contributed by atoms with van der Waals surface area (Å²) < 4.78 is 0. The Kier molecular flexibility index (Phi) is 6.90. The Morgan fingerprint density at radius 2 is 1.88 bits per heavy atom. The molecule has 17 heavy (non-hydrogen) atoms. The van der Waals surface area contributed by atoms with Crippen molar-refractivity contribution < 1.29 is 0 Å². The summed E-state index contributed by atoms with van der Waals surface area (Å²) >= 11 is 2.15. The zero-order valence-electron chi connectivity index (χ0n) is 11.9. The minimum atomic E-state index is 0.290. The van der Waals surface area contributed by atoms with Crippen molar-refractivity contribution in [2.24, 2.45) is 5.73 Å². The predicted molar refractivity (Wildman–Crippen MR) is 79.7 cm³/mol. The van der Waals surface area contributed by atoms with Gasteiger partial charge in [-0.25, -0.2) is 0 Å². The predicted octanol–water partition coefficient (Wildman–Crippen LogP) is 3.11. The number of nitrogens with two attached hydrogens (primary N) is 1. The van der Waals surface area contributed by atoms with Crippen LogP contribution in [0.4, 0.5) is 0 Å². The van der Waals surface area contributed by atoms with E-state index in [1.807, 2.05) is 0 Å². The van der Waals surface area contributed by atoms with Crippen LogP contribution in [0.2, 0.25) is 0 Å². The molecule has 0 bridgehead atoms. The van der Waals surface area contributed by atoms with Crippen LogP contribution in [0.25, 0.3) is 0 Å². The lowest BCUT2D eigenvalue weighted by Gasteiger charge is -2.47. The largest absolute Gasteiger partial charge is 0.329 e. The van der Waals surface area contributed by atoms with E-state index in [4.69, 9.17) is 5.73 Å². The average molecular weight is 258 g/mol. The van der Waals surface area contributed by atoms with Gasteiger partial charge in [0.25, 0.3) is 0 Å². The molecular weight excluding hydrogens is 228 g/mol. The summed E-state index contributed by atoms with van der Waals surface area (Å²) in [5.74, 6) is 1.29. The van der Waals surface area contributed by atoms with Gasteiger partial charge in [-0.2, -0.15) is 11.8 Å². The Morgan fingerprint density at radius 1 is 1.24 bits per heavy atom. The molecule has 0 aliphatic carbocycles. The second kappa shape index (κ2) is 7.65. The van der Waals surface area contributed by atoms with Crippen LogP contribution in [0.3, 0.4) is 0 Å². The highest BCUT2D eigenvalue weighted by molar-refractivity contribution is 8.00. The third-order valence-corrected chi connectivity index (χ3v) is 5.45. The van der Waals surface area contributed by atoms with Gasteiger partial charge in [0.15, 0.2) is 0 Å². The topological polar surface area (TPSA) is 29.3 Å². The molecule has 1 fully saturated rings. The molecule has 2 nitrogen and oxygen atoms in total. The van der Waals surface area contributed by atoms with Gasteiger partial charge in [-0.05, 0) is 19.3 Å². The highest BCUT2D eigenvalue weighted by atomic mass is 32.2. The Balaban J connectivity index is 2.73. The van der Waals surface area contributed by atoms with Gasteiger partial charge < -0.3 is 5.73 Å². The molecule has 1 aliphatic rings. The number of nitrogens with zero attached hydrogens (tertiary/aromatic N) is 1. The molecule has 1 aliphatic heterocycles. The van der Waals surface area contributed by atoms with E-state index >= 15 is 0 Å². The van der Waals surface area contributed by atoms with Gasteiger partial charge >= 0.3 is 0 Å². The summed E-state index contributed by atoms with van der Waals surface area (Å²) in [6.07, 6.45) is 6.31. The standard InChI is InChI=1S/C14H30N2S/c1-4-7-14(12-15,8-5-2)16-9-10-17-13(6-3)11-16/h13H,4-12,15H2,1-3H3. The summed E-state index contributed by atoms with van der Waals surface area (Å²) in [7, 11) is 0. The lowest BCUT2D eigenvalue weighted by atomic mass is 9.86. The van der Waals surface area contributed by atoms with Crippen LogP contribution in [0.5, 0.6) is 0 Å². The fourth-order valence-electron chi connectivity index (χ4n) is 3.10. The third-order valence-electron chi connectivity index (χ3n) is 4.08. The molecule has 1 unspecified atom stereocenters. The van der Waals surface area contributed by atoms with Crippen LogP contribution in [0.1, 0.15) is 52.9 Å². The van der Waals surface area contributed by atoms with E-state index < -0.39 is 0 Å². The molecule has 2 N–H and O–H groups in total. The number of hydrogen-bond acceptors (Lipinski definition) is 3. The molecule has 0 saturated carbocycles. The van der Waals surface area contributed by atoms with Gasteiger partial charge in [-0.1, -0.05) is 33.6 Å². The molecular formula is C14H30N2S. The first-order chi connectivity index (χ1) is 8.22. The summed E-state index contributed by atoms with van der Waals surface area (Å²) in [5, 5.41) is 0.823. The molecule has 3 heteroatoms. The zero-order chi connectivity index (χ0) is 12.7. The van der Waals surface area contributed by atoms with Gasteiger partial charge in [-0.3, -0.25) is 4.90 Å². The zero-order valence-corrected chi connectivity index (χ0v) is 12.7. The van der Waals surface area contributed by atoms with E-state index in [9.17, 15) is 0 Å². The molecule has 0 aromatic rings. The second-order valence-corrected chi connectivity index (χ2v) is 6.68. The quantitative estimate of drug-likeness (QED) is 0.761. The molecule has 0 amide bonds. The van der Waals surface area contributed by atoms with Crippen LogP contribution in [0, 0.1) is 0 Å². The first-order valence-electron chi connectivity index (χ1n) is 7.29. The van der Waals surface area contributed by atoms with E-state index in [1.165, 1.54) is 50.9 Å². The van der Waals surface area contributed by atoms with Crippen molar-refractivity contribution in [2.45, 2.75) is 63.7 Å². The van der Waals surface area contributed by atoms with Crippen LogP contribution in [0.15, 0.2) is 0 Å². The SMILES string of the molecule is CCCC(CN)(CCC)N1CCSC(CC)C1. The van der Waals surface area contributed by atoms with Gasteiger partial charge in [0, 0.05) is 36.2 Å². The number of rotatable bonds is 7. The molecule has 0 aromatic carbocycles. The minimum absolute atomic E-state index is 0.290. The van der Waals surface area contributed by atoms with Crippen LogP contribution in [-0.2, 0) is 0 Å². The Morgan fingerprint density at radius 3 is 2.35 bits per heavy atom. The molecule has 0 radical (unpaired) electrons. The molecule has 1 heterocycles. The van der Waals surface area contributed by atoms with Gasteiger partial charge in [0.2, 0.25) is 0 Å². The molecule has 102 valence electrons. The minimum Gasteiger partial charge on any atom is -0.329 e. The highest BCUT2D eigenvalue weighted by Gasteiger charge is 2.36. The van der Waals surface area contributed by atoms with E-state index in [-0.39, 0.29) is 5.54 Å². The molecule has 1 atom stereocenters. The van der Waals surface area contributed by atoms with Crippen LogP contribution in [-0.4, -0.2) is 41.1 Å².